The molecule has 1 aromatic heterocycles. The molecule has 0 saturated heterocycles. The monoisotopic (exact) mass is 330 g/mol. The van der Waals surface area contributed by atoms with E-state index in [1.165, 1.54) is 0 Å². The number of hydrogen-bond acceptors (Lipinski definition) is 7. The Morgan fingerprint density at radius 3 is 2.67 bits per heavy atom. The van der Waals surface area contributed by atoms with E-state index in [2.05, 4.69) is 21.1 Å². The minimum atomic E-state index is -0.0433. The zero-order valence-corrected chi connectivity index (χ0v) is 14.4. The van der Waals surface area contributed by atoms with Crippen LogP contribution in [0.25, 0.3) is 11.4 Å². The highest BCUT2D eigenvalue weighted by Crippen LogP contribution is 2.31. The van der Waals surface area contributed by atoms with E-state index >= 15 is 0 Å². The molecule has 0 fully saturated rings. The summed E-state index contributed by atoms with van der Waals surface area (Å²) in [7, 11) is 3.17. The second kappa shape index (κ2) is 8.31. The number of aromatic nitrogens is 2. The van der Waals surface area contributed by atoms with E-state index in [-0.39, 0.29) is 5.92 Å². The molecule has 1 heterocycles. The van der Waals surface area contributed by atoms with Crippen molar-refractivity contribution in [2.24, 2.45) is 5.92 Å². The fourth-order valence-corrected chi connectivity index (χ4v) is 2.34. The standard InChI is InChI=1S/C17H22N4O3/c1-5-21(10-12(2)9-18)11-16-19-17(20-24-16)13-6-7-14(22-3)15(8-13)23-4/h6-8,12H,5,10-11H2,1-4H3. The molecule has 24 heavy (non-hydrogen) atoms. The van der Waals surface area contributed by atoms with Gasteiger partial charge in [0.05, 0.1) is 32.8 Å². The molecule has 7 nitrogen and oxygen atoms in total. The lowest BCUT2D eigenvalue weighted by Crippen LogP contribution is -2.27. The fraction of sp³-hybridized carbons (Fsp3) is 0.471. The van der Waals surface area contributed by atoms with Crippen LogP contribution >= 0.6 is 0 Å². The molecule has 0 amide bonds. The van der Waals surface area contributed by atoms with Gasteiger partial charge in [-0.25, -0.2) is 0 Å². The Morgan fingerprint density at radius 1 is 1.29 bits per heavy atom. The molecule has 1 unspecified atom stereocenters. The van der Waals surface area contributed by atoms with E-state index in [0.29, 0.717) is 36.3 Å². The number of ether oxygens (including phenoxy) is 2. The van der Waals surface area contributed by atoms with Gasteiger partial charge in [0.2, 0.25) is 11.7 Å². The highest BCUT2D eigenvalue weighted by Gasteiger charge is 2.15. The molecule has 2 aromatic rings. The first kappa shape index (κ1) is 17.8. The minimum Gasteiger partial charge on any atom is -0.493 e. The number of nitrogens with zero attached hydrogens (tertiary/aromatic N) is 4. The first-order valence-corrected chi connectivity index (χ1v) is 7.78. The van der Waals surface area contributed by atoms with Crippen molar-refractivity contribution in [3.05, 3.63) is 24.1 Å². The normalized spacial score (nSPS) is 12.0. The summed E-state index contributed by atoms with van der Waals surface area (Å²) >= 11 is 0. The molecule has 1 aromatic carbocycles. The maximum Gasteiger partial charge on any atom is 0.241 e. The Morgan fingerprint density at radius 2 is 2.04 bits per heavy atom. The van der Waals surface area contributed by atoms with Crippen LogP contribution < -0.4 is 9.47 Å². The minimum absolute atomic E-state index is 0.0433. The van der Waals surface area contributed by atoms with Crippen molar-refractivity contribution in [3.63, 3.8) is 0 Å². The van der Waals surface area contributed by atoms with Gasteiger partial charge in [0.15, 0.2) is 11.5 Å². The molecule has 2 rings (SSSR count). The second-order valence-electron chi connectivity index (χ2n) is 5.44. The van der Waals surface area contributed by atoms with Gasteiger partial charge in [0.1, 0.15) is 0 Å². The summed E-state index contributed by atoms with van der Waals surface area (Å²) in [5.41, 5.74) is 0.788. The molecular formula is C17H22N4O3. The fourth-order valence-electron chi connectivity index (χ4n) is 2.34. The number of rotatable bonds is 8. The third-order valence-electron chi connectivity index (χ3n) is 3.67. The van der Waals surface area contributed by atoms with E-state index < -0.39 is 0 Å². The maximum absolute atomic E-state index is 8.94. The largest absolute Gasteiger partial charge is 0.493 e. The molecule has 0 N–H and O–H groups in total. The summed E-state index contributed by atoms with van der Waals surface area (Å²) in [6.07, 6.45) is 0. The Kier molecular flexibility index (Phi) is 6.15. The molecule has 0 aliphatic rings. The van der Waals surface area contributed by atoms with Gasteiger partial charge in [-0.3, -0.25) is 4.90 Å². The molecule has 0 spiro atoms. The van der Waals surface area contributed by atoms with Crippen LogP contribution in [-0.4, -0.2) is 42.3 Å². The smallest absolute Gasteiger partial charge is 0.241 e. The van der Waals surface area contributed by atoms with Crippen LogP contribution in [0.5, 0.6) is 11.5 Å². The molecule has 0 radical (unpaired) electrons. The van der Waals surface area contributed by atoms with Gasteiger partial charge in [-0.1, -0.05) is 12.1 Å². The summed E-state index contributed by atoms with van der Waals surface area (Å²) in [6.45, 7) is 5.92. The molecule has 128 valence electrons. The van der Waals surface area contributed by atoms with E-state index in [1.807, 2.05) is 26.0 Å². The topological polar surface area (TPSA) is 84.4 Å². The van der Waals surface area contributed by atoms with Crippen molar-refractivity contribution < 1.29 is 14.0 Å². The molecule has 0 aliphatic heterocycles. The van der Waals surface area contributed by atoms with E-state index in [9.17, 15) is 0 Å². The van der Waals surface area contributed by atoms with Gasteiger partial charge in [0.25, 0.3) is 0 Å². The van der Waals surface area contributed by atoms with Crippen LogP contribution in [0.2, 0.25) is 0 Å². The van der Waals surface area contributed by atoms with Gasteiger partial charge >= 0.3 is 0 Å². The van der Waals surface area contributed by atoms with Crippen molar-refractivity contribution in [2.45, 2.75) is 20.4 Å². The summed E-state index contributed by atoms with van der Waals surface area (Å²) in [6, 6.07) is 7.70. The summed E-state index contributed by atoms with van der Waals surface area (Å²) < 4.78 is 15.9. The van der Waals surface area contributed by atoms with Crippen molar-refractivity contribution in [1.82, 2.24) is 15.0 Å². The van der Waals surface area contributed by atoms with Crippen LogP contribution in [0.1, 0.15) is 19.7 Å². The van der Waals surface area contributed by atoms with Crippen molar-refractivity contribution in [2.75, 3.05) is 27.3 Å². The predicted molar refractivity (Wildman–Crippen MR) is 88.6 cm³/mol. The SMILES string of the molecule is CCN(Cc1nc(-c2ccc(OC)c(OC)c2)no1)CC(C)C#N. The third kappa shape index (κ3) is 4.24. The average Bonchev–Trinajstić information content (AvgIpc) is 3.08. The Balaban J connectivity index is 2.14. The van der Waals surface area contributed by atoms with E-state index in [0.717, 1.165) is 12.1 Å². The molecule has 7 heteroatoms. The highest BCUT2D eigenvalue weighted by molar-refractivity contribution is 5.60. The van der Waals surface area contributed by atoms with E-state index in [4.69, 9.17) is 19.3 Å². The average molecular weight is 330 g/mol. The first-order valence-electron chi connectivity index (χ1n) is 7.78. The van der Waals surface area contributed by atoms with Gasteiger partial charge in [-0.2, -0.15) is 10.2 Å². The lowest BCUT2D eigenvalue weighted by molar-refractivity contribution is 0.223. The molecule has 0 saturated carbocycles. The van der Waals surface area contributed by atoms with Crippen LogP contribution in [-0.2, 0) is 6.54 Å². The molecular weight excluding hydrogens is 308 g/mol. The number of benzene rings is 1. The zero-order chi connectivity index (χ0) is 17.5. The summed E-state index contributed by atoms with van der Waals surface area (Å²) in [5.74, 6) is 2.23. The van der Waals surface area contributed by atoms with Crippen molar-refractivity contribution >= 4 is 0 Å². The van der Waals surface area contributed by atoms with Crippen LogP contribution in [0.15, 0.2) is 22.7 Å². The Labute approximate surface area is 141 Å². The number of methoxy groups -OCH3 is 2. The highest BCUT2D eigenvalue weighted by atomic mass is 16.5. The first-order chi connectivity index (χ1) is 11.6. The number of nitriles is 1. The van der Waals surface area contributed by atoms with Crippen LogP contribution in [0.4, 0.5) is 0 Å². The quantitative estimate of drug-likeness (QED) is 0.735. The van der Waals surface area contributed by atoms with Gasteiger partial charge < -0.3 is 14.0 Å². The van der Waals surface area contributed by atoms with E-state index in [1.54, 1.807) is 20.3 Å². The van der Waals surface area contributed by atoms with Gasteiger partial charge in [-0.15, -0.1) is 0 Å². The van der Waals surface area contributed by atoms with Crippen LogP contribution in [0.3, 0.4) is 0 Å². The van der Waals surface area contributed by atoms with Gasteiger partial charge in [-0.05, 0) is 31.7 Å². The summed E-state index contributed by atoms with van der Waals surface area (Å²) in [5, 5.41) is 13.0. The number of hydrogen-bond donors (Lipinski definition) is 0. The maximum atomic E-state index is 8.94. The lowest BCUT2D eigenvalue weighted by atomic mass is 10.2. The van der Waals surface area contributed by atoms with Crippen molar-refractivity contribution in [1.29, 1.82) is 5.26 Å². The molecule has 0 aliphatic carbocycles. The zero-order valence-electron chi connectivity index (χ0n) is 14.4. The van der Waals surface area contributed by atoms with Crippen molar-refractivity contribution in [3.8, 4) is 29.0 Å². The molecule has 1 atom stereocenters. The molecule has 0 bridgehead atoms. The summed E-state index contributed by atoms with van der Waals surface area (Å²) in [4.78, 5) is 6.53. The van der Waals surface area contributed by atoms with Crippen LogP contribution in [0, 0.1) is 17.2 Å². The third-order valence-corrected chi connectivity index (χ3v) is 3.67. The Bertz CT molecular complexity index is 708. The lowest BCUT2D eigenvalue weighted by Gasteiger charge is -2.18. The Hall–Kier alpha value is -2.59. The second-order valence-corrected chi connectivity index (χ2v) is 5.44. The van der Waals surface area contributed by atoms with Gasteiger partial charge in [0, 0.05) is 12.1 Å². The predicted octanol–water partition coefficient (Wildman–Crippen LogP) is 2.74.